The molecule has 3 heteroatoms. The first kappa shape index (κ1) is 11.7. The van der Waals surface area contributed by atoms with Gasteiger partial charge in [-0.2, -0.15) is 0 Å². The molecule has 0 spiro atoms. The predicted octanol–water partition coefficient (Wildman–Crippen LogP) is 2.04. The molecule has 0 amide bonds. The van der Waals surface area contributed by atoms with Crippen molar-refractivity contribution in [1.82, 2.24) is 0 Å². The van der Waals surface area contributed by atoms with Gasteiger partial charge in [-0.1, -0.05) is 19.1 Å². The summed E-state index contributed by atoms with van der Waals surface area (Å²) in [6, 6.07) is 7.04. The maximum absolute atomic E-state index is 10.8. The number of nitrogens with two attached hydrogens (primary N) is 1. The van der Waals surface area contributed by atoms with Crippen LogP contribution in [-0.4, -0.2) is 17.6 Å². The lowest BCUT2D eigenvalue weighted by molar-refractivity contribution is 0.0697. The number of hydrogen-bond acceptors (Lipinski definition) is 2. The van der Waals surface area contributed by atoms with Crippen LogP contribution >= 0.6 is 0 Å². The molecule has 0 aromatic heterocycles. The molecule has 1 aromatic rings. The fraction of sp³-hybridized carbons (Fsp3) is 0.333. The number of rotatable bonds is 5. The van der Waals surface area contributed by atoms with Crippen LogP contribution < -0.4 is 5.73 Å². The highest BCUT2D eigenvalue weighted by atomic mass is 16.4. The molecule has 0 saturated carbocycles. The molecule has 0 aliphatic rings. The Morgan fingerprint density at radius 2 is 2.33 bits per heavy atom. The van der Waals surface area contributed by atoms with E-state index >= 15 is 0 Å². The van der Waals surface area contributed by atoms with Crippen LogP contribution in [-0.2, 0) is 0 Å². The number of benzene rings is 1. The Kier molecular flexibility index (Phi) is 4.31. The zero-order valence-corrected chi connectivity index (χ0v) is 8.81. The molecule has 1 unspecified atom stereocenters. The molecule has 1 atom stereocenters. The second kappa shape index (κ2) is 5.51. The number of carbonyl (C=O) groups is 1. The van der Waals surface area contributed by atoms with Crippen molar-refractivity contribution in [3.05, 3.63) is 41.8 Å². The first-order valence-electron chi connectivity index (χ1n) is 5.00. The van der Waals surface area contributed by atoms with E-state index in [0.29, 0.717) is 18.0 Å². The van der Waals surface area contributed by atoms with Crippen molar-refractivity contribution in [2.45, 2.75) is 19.3 Å². The van der Waals surface area contributed by atoms with E-state index in [9.17, 15) is 4.79 Å². The molecule has 1 aromatic carbocycles. The zero-order valence-electron chi connectivity index (χ0n) is 8.81. The number of carboxylic acid groups (broad SMARTS) is 1. The van der Waals surface area contributed by atoms with Gasteiger partial charge in [0.1, 0.15) is 0 Å². The van der Waals surface area contributed by atoms with Crippen molar-refractivity contribution < 1.29 is 9.90 Å². The topological polar surface area (TPSA) is 63.3 Å². The van der Waals surface area contributed by atoms with Crippen molar-refractivity contribution in [2.75, 3.05) is 6.54 Å². The summed E-state index contributed by atoms with van der Waals surface area (Å²) in [6.07, 6.45) is 2.87. The highest BCUT2D eigenvalue weighted by Crippen LogP contribution is 2.20. The second-order valence-corrected chi connectivity index (χ2v) is 3.59. The number of aromatic carboxylic acids is 1. The third-order valence-corrected chi connectivity index (χ3v) is 2.39. The molecule has 0 heterocycles. The maximum atomic E-state index is 10.8. The van der Waals surface area contributed by atoms with Gasteiger partial charge >= 0.3 is 5.97 Å². The Morgan fingerprint density at radius 3 is 2.93 bits per heavy atom. The zero-order chi connectivity index (χ0) is 11.3. The van der Waals surface area contributed by atoms with E-state index in [1.807, 2.05) is 12.5 Å². The van der Waals surface area contributed by atoms with Crippen LogP contribution in [0.25, 0.3) is 0 Å². The molecule has 0 aliphatic heterocycles. The quantitative estimate of drug-likeness (QED) is 0.774. The summed E-state index contributed by atoms with van der Waals surface area (Å²) in [5.74, 6) is -0.570. The van der Waals surface area contributed by atoms with E-state index < -0.39 is 5.97 Å². The molecular weight excluding hydrogens is 190 g/mol. The van der Waals surface area contributed by atoms with Gasteiger partial charge in [0, 0.05) is 0 Å². The lowest BCUT2D eigenvalue weighted by atomic mass is 9.95. The lowest BCUT2D eigenvalue weighted by Gasteiger charge is -2.11. The van der Waals surface area contributed by atoms with Crippen molar-refractivity contribution in [2.24, 2.45) is 5.73 Å². The van der Waals surface area contributed by atoms with Crippen molar-refractivity contribution in [3.63, 3.8) is 0 Å². The monoisotopic (exact) mass is 206 g/mol. The molecule has 0 aliphatic carbocycles. The van der Waals surface area contributed by atoms with Gasteiger partial charge in [-0.15, -0.1) is 0 Å². The van der Waals surface area contributed by atoms with Crippen molar-refractivity contribution >= 4 is 5.97 Å². The third-order valence-electron chi connectivity index (χ3n) is 2.39. The van der Waals surface area contributed by atoms with Gasteiger partial charge in [-0.3, -0.25) is 0 Å². The van der Waals surface area contributed by atoms with Crippen LogP contribution in [0.1, 0.15) is 35.2 Å². The summed E-state index contributed by atoms with van der Waals surface area (Å²) < 4.78 is 0. The second-order valence-electron chi connectivity index (χ2n) is 3.59. The maximum Gasteiger partial charge on any atom is 0.335 e. The van der Waals surface area contributed by atoms with Gasteiger partial charge < -0.3 is 10.8 Å². The van der Waals surface area contributed by atoms with Crippen LogP contribution in [0.4, 0.5) is 0 Å². The molecule has 0 fully saturated rings. The van der Waals surface area contributed by atoms with E-state index in [1.165, 1.54) is 0 Å². The minimum Gasteiger partial charge on any atom is -0.478 e. The van der Waals surface area contributed by atoms with Crippen molar-refractivity contribution in [3.8, 4) is 0 Å². The van der Waals surface area contributed by atoms with E-state index in [2.05, 4.69) is 6.92 Å². The van der Waals surface area contributed by atoms with Crippen LogP contribution in [0, 0.1) is 6.42 Å². The summed E-state index contributed by atoms with van der Waals surface area (Å²) in [5.41, 5.74) is 6.76. The van der Waals surface area contributed by atoms with Gasteiger partial charge in [0.2, 0.25) is 0 Å². The first-order valence-corrected chi connectivity index (χ1v) is 5.00. The summed E-state index contributed by atoms with van der Waals surface area (Å²) in [6.45, 7) is 2.62. The molecule has 3 nitrogen and oxygen atoms in total. The average Bonchev–Trinajstić information content (AvgIpc) is 2.26. The Balaban J connectivity index is 2.76. The average molecular weight is 206 g/mol. The summed E-state index contributed by atoms with van der Waals surface area (Å²) in [5, 5.41) is 8.84. The summed E-state index contributed by atoms with van der Waals surface area (Å²) >= 11 is 0. The highest BCUT2D eigenvalue weighted by molar-refractivity contribution is 5.87. The van der Waals surface area contributed by atoms with Gasteiger partial charge in [-0.05, 0) is 43.0 Å². The van der Waals surface area contributed by atoms with Crippen LogP contribution in [0.2, 0.25) is 0 Å². The van der Waals surface area contributed by atoms with Gasteiger partial charge in [0.15, 0.2) is 0 Å². The fourth-order valence-corrected chi connectivity index (χ4v) is 1.46. The molecular formula is C12H16NO2. The lowest BCUT2D eigenvalue weighted by Crippen LogP contribution is -2.04. The van der Waals surface area contributed by atoms with E-state index in [0.717, 1.165) is 12.0 Å². The largest absolute Gasteiger partial charge is 0.478 e. The van der Waals surface area contributed by atoms with Crippen molar-refractivity contribution in [1.29, 1.82) is 0 Å². The molecule has 81 valence electrons. The third kappa shape index (κ3) is 3.36. The number of carboxylic acids is 1. The van der Waals surface area contributed by atoms with E-state index in [4.69, 9.17) is 10.8 Å². The van der Waals surface area contributed by atoms with Gasteiger partial charge in [-0.25, -0.2) is 4.79 Å². The van der Waals surface area contributed by atoms with Crippen LogP contribution in [0.5, 0.6) is 0 Å². The van der Waals surface area contributed by atoms with Gasteiger partial charge in [0.05, 0.1) is 5.56 Å². The molecule has 3 N–H and O–H groups in total. The SMILES string of the molecule is CC(C[CH]CN)c1cccc(C(=O)O)c1. The fourth-order valence-electron chi connectivity index (χ4n) is 1.46. The van der Waals surface area contributed by atoms with Gasteiger partial charge in [0.25, 0.3) is 0 Å². The summed E-state index contributed by atoms with van der Waals surface area (Å²) in [4.78, 5) is 10.8. The Morgan fingerprint density at radius 1 is 1.60 bits per heavy atom. The Labute approximate surface area is 89.9 Å². The van der Waals surface area contributed by atoms with Crippen LogP contribution in [0.15, 0.2) is 24.3 Å². The predicted molar refractivity (Wildman–Crippen MR) is 59.8 cm³/mol. The Bertz CT molecular complexity index is 336. The Hall–Kier alpha value is -1.35. The molecule has 1 radical (unpaired) electrons. The van der Waals surface area contributed by atoms with Crippen LogP contribution in [0.3, 0.4) is 0 Å². The van der Waals surface area contributed by atoms with E-state index in [-0.39, 0.29) is 0 Å². The molecule has 15 heavy (non-hydrogen) atoms. The highest BCUT2D eigenvalue weighted by Gasteiger charge is 2.08. The first-order chi connectivity index (χ1) is 7.15. The summed E-state index contributed by atoms with van der Waals surface area (Å²) in [7, 11) is 0. The molecule has 0 bridgehead atoms. The standard InChI is InChI=1S/C12H16NO2/c1-9(4-3-7-13)10-5-2-6-11(8-10)12(14)15/h2-3,5-6,8-9H,4,7,13H2,1H3,(H,14,15). The minimum absolute atomic E-state index is 0.313. The molecule has 1 rings (SSSR count). The smallest absolute Gasteiger partial charge is 0.335 e. The molecule has 0 saturated heterocycles. The number of hydrogen-bond donors (Lipinski definition) is 2. The van der Waals surface area contributed by atoms with E-state index in [1.54, 1.807) is 18.2 Å². The minimum atomic E-state index is -0.883. The normalized spacial score (nSPS) is 12.4.